The number of hydrogen-bond acceptors (Lipinski definition) is 5. The average molecular weight is 273 g/mol. The van der Waals surface area contributed by atoms with E-state index in [4.69, 9.17) is 19.9 Å². The van der Waals surface area contributed by atoms with Crippen molar-refractivity contribution in [3.63, 3.8) is 0 Å². The second-order valence-corrected chi connectivity index (χ2v) is 5.41. The lowest BCUT2D eigenvalue weighted by atomic mass is 9.71. The van der Waals surface area contributed by atoms with Gasteiger partial charge in [-0.2, -0.15) is 0 Å². The van der Waals surface area contributed by atoms with Gasteiger partial charge in [0.25, 0.3) is 0 Å². The number of carbonyl (C=O) groups excluding carboxylic acids is 1. The van der Waals surface area contributed by atoms with E-state index in [0.717, 1.165) is 25.7 Å². The molecule has 5 heteroatoms. The molecule has 1 aliphatic carbocycles. The summed E-state index contributed by atoms with van der Waals surface area (Å²) in [6.07, 6.45) is 3.79. The van der Waals surface area contributed by atoms with Crippen molar-refractivity contribution in [2.75, 3.05) is 40.1 Å². The first-order valence-corrected chi connectivity index (χ1v) is 7.08. The van der Waals surface area contributed by atoms with Gasteiger partial charge in [-0.15, -0.1) is 0 Å². The van der Waals surface area contributed by atoms with Gasteiger partial charge in [0.05, 0.1) is 25.2 Å². The smallest absolute Gasteiger partial charge is 0.313 e. The van der Waals surface area contributed by atoms with E-state index in [1.807, 2.05) is 0 Å². The third kappa shape index (κ3) is 5.09. The lowest BCUT2D eigenvalue weighted by Crippen LogP contribution is -2.43. The molecule has 0 atom stereocenters. The summed E-state index contributed by atoms with van der Waals surface area (Å²) >= 11 is 0. The van der Waals surface area contributed by atoms with E-state index in [1.165, 1.54) is 0 Å². The summed E-state index contributed by atoms with van der Waals surface area (Å²) in [5, 5.41) is 0. The number of hydrogen-bond donors (Lipinski definition) is 1. The Morgan fingerprint density at radius 1 is 1.21 bits per heavy atom. The highest BCUT2D eigenvalue weighted by molar-refractivity contribution is 5.77. The van der Waals surface area contributed by atoms with Crippen molar-refractivity contribution in [3.05, 3.63) is 0 Å². The second kappa shape index (κ2) is 8.51. The Hall–Kier alpha value is -0.650. The van der Waals surface area contributed by atoms with Crippen molar-refractivity contribution >= 4 is 5.97 Å². The van der Waals surface area contributed by atoms with Gasteiger partial charge in [0.2, 0.25) is 0 Å². The van der Waals surface area contributed by atoms with Gasteiger partial charge in [-0.25, -0.2) is 0 Å². The molecule has 0 spiro atoms. The first kappa shape index (κ1) is 16.4. The number of carbonyl (C=O) groups is 1. The minimum atomic E-state index is -0.459. The van der Waals surface area contributed by atoms with Crippen LogP contribution in [0, 0.1) is 11.3 Å². The Morgan fingerprint density at radius 2 is 1.84 bits per heavy atom. The fraction of sp³-hybridized carbons (Fsp3) is 0.929. The standard InChI is InChI=1S/C14H27NO4/c1-12-3-5-14(11-15,6-4-12)13(16)19-10-9-18-8-7-17-2/h12H,3-11,15H2,1-2H3. The summed E-state index contributed by atoms with van der Waals surface area (Å²) in [7, 11) is 1.62. The van der Waals surface area contributed by atoms with Crippen LogP contribution < -0.4 is 5.73 Å². The Bertz CT molecular complexity index is 262. The molecule has 112 valence electrons. The van der Waals surface area contributed by atoms with E-state index in [9.17, 15) is 4.79 Å². The lowest BCUT2D eigenvalue weighted by Gasteiger charge is -2.36. The first-order chi connectivity index (χ1) is 9.14. The van der Waals surface area contributed by atoms with E-state index in [-0.39, 0.29) is 5.97 Å². The maximum atomic E-state index is 12.2. The van der Waals surface area contributed by atoms with Crippen LogP contribution in [0.25, 0.3) is 0 Å². The normalized spacial score (nSPS) is 27.2. The lowest BCUT2D eigenvalue weighted by molar-refractivity contribution is -0.159. The van der Waals surface area contributed by atoms with Gasteiger partial charge in [-0.1, -0.05) is 6.92 Å². The molecule has 0 aromatic carbocycles. The number of rotatable bonds is 8. The van der Waals surface area contributed by atoms with Crippen LogP contribution in [0.4, 0.5) is 0 Å². The molecule has 0 unspecified atom stereocenters. The van der Waals surface area contributed by atoms with Crippen molar-refractivity contribution in [3.8, 4) is 0 Å². The molecule has 0 radical (unpaired) electrons. The number of ether oxygens (including phenoxy) is 3. The summed E-state index contributed by atoms with van der Waals surface area (Å²) in [6.45, 7) is 4.37. The van der Waals surface area contributed by atoms with Gasteiger partial charge in [-0.05, 0) is 31.6 Å². The molecule has 2 N–H and O–H groups in total. The summed E-state index contributed by atoms with van der Waals surface area (Å²) < 4.78 is 15.4. The zero-order chi connectivity index (χ0) is 14.1. The maximum Gasteiger partial charge on any atom is 0.313 e. The molecule has 0 saturated heterocycles. The zero-order valence-electron chi connectivity index (χ0n) is 12.2. The summed E-state index contributed by atoms with van der Waals surface area (Å²) in [6, 6.07) is 0. The topological polar surface area (TPSA) is 70.8 Å². The molecule has 0 aromatic heterocycles. The van der Waals surface area contributed by atoms with Crippen LogP contribution >= 0.6 is 0 Å². The van der Waals surface area contributed by atoms with Crippen LogP contribution in [0.1, 0.15) is 32.6 Å². The van der Waals surface area contributed by atoms with Crippen molar-refractivity contribution in [1.82, 2.24) is 0 Å². The third-order valence-electron chi connectivity index (χ3n) is 3.95. The second-order valence-electron chi connectivity index (χ2n) is 5.41. The molecule has 0 amide bonds. The van der Waals surface area contributed by atoms with Crippen LogP contribution in [0.15, 0.2) is 0 Å². The Balaban J connectivity index is 2.26. The molecular formula is C14H27NO4. The Labute approximate surface area is 115 Å². The van der Waals surface area contributed by atoms with E-state index in [2.05, 4.69) is 6.92 Å². The molecule has 19 heavy (non-hydrogen) atoms. The Kier molecular flexibility index (Phi) is 7.34. The van der Waals surface area contributed by atoms with Crippen LogP contribution in [0.5, 0.6) is 0 Å². The van der Waals surface area contributed by atoms with Crippen LogP contribution in [0.2, 0.25) is 0 Å². The number of methoxy groups -OCH3 is 1. The summed E-state index contributed by atoms with van der Waals surface area (Å²) in [5.74, 6) is 0.530. The van der Waals surface area contributed by atoms with Crippen LogP contribution in [0.3, 0.4) is 0 Å². The van der Waals surface area contributed by atoms with Crippen molar-refractivity contribution < 1.29 is 19.0 Å². The van der Waals surface area contributed by atoms with Gasteiger partial charge in [0, 0.05) is 13.7 Å². The van der Waals surface area contributed by atoms with E-state index >= 15 is 0 Å². The van der Waals surface area contributed by atoms with E-state index in [1.54, 1.807) is 7.11 Å². The molecule has 0 heterocycles. The molecule has 1 aliphatic rings. The Morgan fingerprint density at radius 3 is 2.42 bits per heavy atom. The fourth-order valence-electron chi connectivity index (χ4n) is 2.40. The largest absolute Gasteiger partial charge is 0.463 e. The molecule has 1 rings (SSSR count). The number of esters is 1. The summed E-state index contributed by atoms with van der Waals surface area (Å²) in [5.41, 5.74) is 5.35. The third-order valence-corrected chi connectivity index (χ3v) is 3.95. The fourth-order valence-corrected chi connectivity index (χ4v) is 2.40. The van der Waals surface area contributed by atoms with Gasteiger partial charge >= 0.3 is 5.97 Å². The first-order valence-electron chi connectivity index (χ1n) is 7.08. The highest BCUT2D eigenvalue weighted by Gasteiger charge is 2.41. The predicted octanol–water partition coefficient (Wildman–Crippen LogP) is 1.35. The molecule has 1 saturated carbocycles. The monoisotopic (exact) mass is 273 g/mol. The molecule has 0 bridgehead atoms. The zero-order valence-corrected chi connectivity index (χ0v) is 12.2. The molecule has 1 fully saturated rings. The summed E-state index contributed by atoms with van der Waals surface area (Å²) in [4.78, 5) is 12.2. The molecule has 5 nitrogen and oxygen atoms in total. The van der Waals surface area contributed by atoms with Gasteiger partial charge < -0.3 is 19.9 Å². The highest BCUT2D eigenvalue weighted by atomic mass is 16.6. The number of nitrogens with two attached hydrogens (primary N) is 1. The van der Waals surface area contributed by atoms with Gasteiger partial charge in [0.1, 0.15) is 6.61 Å². The molecule has 0 aromatic rings. The van der Waals surface area contributed by atoms with Gasteiger partial charge in [-0.3, -0.25) is 4.79 Å². The van der Waals surface area contributed by atoms with Crippen LogP contribution in [-0.2, 0) is 19.0 Å². The molecule has 0 aliphatic heterocycles. The predicted molar refractivity (Wildman–Crippen MR) is 72.8 cm³/mol. The van der Waals surface area contributed by atoms with Crippen molar-refractivity contribution in [2.24, 2.45) is 17.1 Å². The average Bonchev–Trinajstić information content (AvgIpc) is 2.43. The van der Waals surface area contributed by atoms with E-state index in [0.29, 0.717) is 38.9 Å². The minimum absolute atomic E-state index is 0.155. The van der Waals surface area contributed by atoms with Crippen molar-refractivity contribution in [1.29, 1.82) is 0 Å². The van der Waals surface area contributed by atoms with Crippen molar-refractivity contribution in [2.45, 2.75) is 32.6 Å². The van der Waals surface area contributed by atoms with Crippen LogP contribution in [-0.4, -0.2) is 46.1 Å². The molecular weight excluding hydrogens is 246 g/mol. The maximum absolute atomic E-state index is 12.2. The quantitative estimate of drug-likeness (QED) is 0.534. The highest BCUT2D eigenvalue weighted by Crippen LogP contribution is 2.39. The van der Waals surface area contributed by atoms with Gasteiger partial charge in [0.15, 0.2) is 0 Å². The minimum Gasteiger partial charge on any atom is -0.463 e. The van der Waals surface area contributed by atoms with E-state index < -0.39 is 5.41 Å². The SMILES string of the molecule is COCCOCCOC(=O)C1(CN)CCC(C)CC1.